The van der Waals surface area contributed by atoms with E-state index < -0.39 is 29.7 Å². The Balaban J connectivity index is 0.000000144. The van der Waals surface area contributed by atoms with Gasteiger partial charge in [0.15, 0.2) is 17.3 Å². The van der Waals surface area contributed by atoms with E-state index in [4.69, 9.17) is 9.31 Å². The number of nitrogens with one attached hydrogen (secondary N) is 4. The van der Waals surface area contributed by atoms with Gasteiger partial charge in [-0.05, 0) is 99.9 Å². The van der Waals surface area contributed by atoms with Crippen molar-refractivity contribution in [3.05, 3.63) is 124 Å². The van der Waals surface area contributed by atoms with Gasteiger partial charge in [-0.2, -0.15) is 0 Å². The van der Waals surface area contributed by atoms with Gasteiger partial charge in [-0.1, -0.05) is 53.9 Å². The summed E-state index contributed by atoms with van der Waals surface area (Å²) in [5.74, 6) is -1.07. The molecule has 5 aromatic rings. The second-order valence-electron chi connectivity index (χ2n) is 15.7. The van der Waals surface area contributed by atoms with E-state index in [9.17, 15) is 38.4 Å². The maximum Gasteiger partial charge on any atom is 0.494 e. The van der Waals surface area contributed by atoms with Crippen molar-refractivity contribution in [1.82, 2.24) is 4.98 Å². The molecular formula is C44H40BBr3N4O11. The first-order chi connectivity index (χ1) is 29.7. The van der Waals surface area contributed by atoms with Crippen molar-refractivity contribution in [2.75, 3.05) is 16.0 Å². The van der Waals surface area contributed by atoms with E-state index in [1.807, 2.05) is 33.8 Å². The molecule has 0 atom stereocenters. The van der Waals surface area contributed by atoms with Crippen molar-refractivity contribution < 1.29 is 42.5 Å². The molecule has 19 heteroatoms. The lowest BCUT2D eigenvalue weighted by Crippen LogP contribution is -2.41. The fourth-order valence-corrected chi connectivity index (χ4v) is 7.62. The molecule has 0 saturated carbocycles. The molecule has 15 nitrogen and oxygen atoms in total. The Morgan fingerprint density at radius 2 is 0.905 bits per heavy atom. The molecule has 4 N–H and O–H groups in total. The van der Waals surface area contributed by atoms with E-state index in [-0.39, 0.29) is 73.6 Å². The Morgan fingerprint density at radius 1 is 0.508 bits per heavy atom. The molecule has 1 saturated heterocycles. The van der Waals surface area contributed by atoms with Gasteiger partial charge >= 0.3 is 18.5 Å². The number of Topliss-reactive ketones (excluding diaryl/α,β-unsaturated/α-hetero) is 3. The monoisotopic (exact) mass is 1050 g/mol. The number of fused-ring (bicyclic) bond motifs is 4. The summed E-state index contributed by atoms with van der Waals surface area (Å²) in [6, 6.07) is 20.9. The van der Waals surface area contributed by atoms with E-state index in [1.165, 1.54) is 0 Å². The zero-order valence-electron chi connectivity index (χ0n) is 34.4. The molecule has 1 fully saturated rings. The number of aromatic nitrogens is 1. The average molecular weight is 1050 g/mol. The van der Waals surface area contributed by atoms with E-state index in [0.29, 0.717) is 44.7 Å². The lowest BCUT2D eigenvalue weighted by molar-refractivity contribution is -0.116. The first-order valence-corrected chi connectivity index (χ1v) is 22.0. The van der Waals surface area contributed by atoms with Crippen LogP contribution in [0.3, 0.4) is 0 Å². The summed E-state index contributed by atoms with van der Waals surface area (Å²) in [4.78, 5) is 93.7. The molecule has 0 bridgehead atoms. The fraction of sp³-hybridized carbons (Fsp3) is 0.273. The van der Waals surface area contributed by atoms with E-state index in [1.54, 1.807) is 66.7 Å². The Kier molecular flexibility index (Phi) is 14.7. The largest absolute Gasteiger partial charge is 0.494 e. The number of halogens is 3. The van der Waals surface area contributed by atoms with Crippen LogP contribution in [-0.2, 0) is 23.7 Å². The maximum absolute atomic E-state index is 12.2. The number of hydrogen-bond acceptors (Lipinski definition) is 11. The average Bonchev–Trinajstić information content (AvgIpc) is 3.37. The van der Waals surface area contributed by atoms with Crippen LogP contribution in [0, 0.1) is 0 Å². The van der Waals surface area contributed by atoms with Gasteiger partial charge in [0.05, 0.1) is 39.2 Å². The minimum Gasteiger partial charge on any atom is -0.399 e. The third kappa shape index (κ3) is 11.6. The van der Waals surface area contributed by atoms with Gasteiger partial charge in [-0.3, -0.25) is 33.8 Å². The first-order valence-electron chi connectivity index (χ1n) is 19.6. The van der Waals surface area contributed by atoms with Crippen LogP contribution in [0.2, 0.25) is 0 Å². The Morgan fingerprint density at radius 3 is 1.37 bits per heavy atom. The summed E-state index contributed by atoms with van der Waals surface area (Å²) in [6.07, 6.45) is 1.56. The lowest BCUT2D eigenvalue weighted by atomic mass is 9.78. The SMILES string of the molecule is CC1(C)OB(c2ccc3c(c2)C(=O)CCC(=O)N3)OC1(C)C.O=C1CCC(=O)c2cc(Br)ccc2N1.O=C1CCC(=O)c2cc(Br)ccc2N1.O=c1[nH]c2ccc(Br)cc2c(=O)o1. The summed E-state index contributed by atoms with van der Waals surface area (Å²) in [5, 5.41) is 8.52. The molecule has 326 valence electrons. The molecule has 3 amide bonds. The van der Waals surface area contributed by atoms with Crippen molar-refractivity contribution in [2.24, 2.45) is 0 Å². The highest BCUT2D eigenvalue weighted by Gasteiger charge is 2.51. The normalized spacial score (nSPS) is 17.2. The van der Waals surface area contributed by atoms with Gasteiger partial charge in [0.25, 0.3) is 0 Å². The van der Waals surface area contributed by atoms with Crippen molar-refractivity contribution in [1.29, 1.82) is 0 Å². The van der Waals surface area contributed by atoms with Gasteiger partial charge in [0.2, 0.25) is 17.7 Å². The number of hydrogen-bond donors (Lipinski definition) is 4. The number of aromatic amines is 1. The highest BCUT2D eigenvalue weighted by Crippen LogP contribution is 2.37. The zero-order chi connectivity index (χ0) is 45.8. The third-order valence-electron chi connectivity index (χ3n) is 10.6. The van der Waals surface area contributed by atoms with Crippen LogP contribution in [0.15, 0.2) is 100 Å². The third-order valence-corrected chi connectivity index (χ3v) is 12.1. The molecule has 9 rings (SSSR count). The number of benzene rings is 4. The molecule has 0 aliphatic carbocycles. The molecule has 4 aliphatic rings. The number of H-pyrrole nitrogens is 1. The maximum atomic E-state index is 12.2. The second-order valence-corrected chi connectivity index (χ2v) is 18.4. The second kappa shape index (κ2) is 19.6. The summed E-state index contributed by atoms with van der Waals surface area (Å²) >= 11 is 9.80. The molecule has 4 aromatic carbocycles. The highest BCUT2D eigenvalue weighted by molar-refractivity contribution is 9.11. The number of anilines is 3. The van der Waals surface area contributed by atoms with Crippen LogP contribution in [0.1, 0.15) is 97.3 Å². The number of carbonyl (C=O) groups is 6. The van der Waals surface area contributed by atoms with Crippen molar-refractivity contribution in [2.45, 2.75) is 77.4 Å². The minimum absolute atomic E-state index is 0.0136. The van der Waals surface area contributed by atoms with Crippen molar-refractivity contribution in [3.63, 3.8) is 0 Å². The molecule has 0 radical (unpaired) electrons. The predicted molar refractivity (Wildman–Crippen MR) is 248 cm³/mol. The molecular weight excluding hydrogens is 1010 g/mol. The standard InChI is InChI=1S/C16H20BNO4.2C10H8BrNO2.C8H4BrNO3/c1-15(2)16(3,4)22-17(21-15)10-5-6-12-11(9-10)13(19)7-8-14(20)18-12;2*11-6-1-2-8-7(5-6)9(13)3-4-10(14)12-8;9-4-1-2-6-5(3-4)7(11)13-8(12)10-6/h5-6,9H,7-8H2,1-4H3,(H,18,20);2*1-2,5H,3-4H2,(H,12,14);1-3H,(H,10,12). The lowest BCUT2D eigenvalue weighted by Gasteiger charge is -2.32. The summed E-state index contributed by atoms with van der Waals surface area (Å²) < 4.78 is 18.8. The number of amides is 3. The van der Waals surface area contributed by atoms with Gasteiger partial charge in [0, 0.05) is 68.6 Å². The van der Waals surface area contributed by atoms with Crippen LogP contribution >= 0.6 is 47.8 Å². The fourth-order valence-electron chi connectivity index (χ4n) is 6.53. The number of rotatable bonds is 1. The zero-order valence-corrected chi connectivity index (χ0v) is 39.1. The van der Waals surface area contributed by atoms with E-state index in [0.717, 1.165) is 18.9 Å². The summed E-state index contributed by atoms with van der Waals surface area (Å²) in [5.41, 5.74) is 3.28. The molecule has 1 aromatic heterocycles. The van der Waals surface area contributed by atoms with E-state index in [2.05, 4.69) is 73.1 Å². The Bertz CT molecular complexity index is 2710. The molecule has 0 unspecified atom stereocenters. The van der Waals surface area contributed by atoms with Gasteiger partial charge < -0.3 is 29.7 Å². The topological polar surface area (TPSA) is 220 Å². The quantitative estimate of drug-likeness (QED) is 0.118. The first kappa shape index (κ1) is 47.2. The van der Waals surface area contributed by atoms with Crippen molar-refractivity contribution in [3.8, 4) is 0 Å². The number of ketones is 3. The van der Waals surface area contributed by atoms with E-state index >= 15 is 0 Å². The Labute approximate surface area is 386 Å². The van der Waals surface area contributed by atoms with Crippen LogP contribution in [0.4, 0.5) is 17.1 Å². The minimum atomic E-state index is -0.736. The highest BCUT2D eigenvalue weighted by atomic mass is 79.9. The molecule has 63 heavy (non-hydrogen) atoms. The van der Waals surface area contributed by atoms with Crippen LogP contribution in [0.5, 0.6) is 0 Å². The van der Waals surface area contributed by atoms with Gasteiger partial charge in [-0.15, -0.1) is 0 Å². The Hall–Kier alpha value is -5.34. The van der Waals surface area contributed by atoms with Gasteiger partial charge in [0.1, 0.15) is 0 Å². The predicted octanol–water partition coefficient (Wildman–Crippen LogP) is 7.87. The smallest absolute Gasteiger partial charge is 0.399 e. The van der Waals surface area contributed by atoms with Crippen LogP contribution < -0.4 is 32.8 Å². The molecule has 5 heterocycles. The van der Waals surface area contributed by atoms with Crippen molar-refractivity contribution >= 4 is 123 Å². The molecule has 4 aliphatic heterocycles. The molecule has 0 spiro atoms. The summed E-state index contributed by atoms with van der Waals surface area (Å²) in [6.45, 7) is 7.95. The summed E-state index contributed by atoms with van der Waals surface area (Å²) in [7, 11) is -0.512. The van der Waals surface area contributed by atoms with Crippen LogP contribution in [-0.4, -0.2) is 58.4 Å². The van der Waals surface area contributed by atoms with Crippen LogP contribution in [0.25, 0.3) is 10.9 Å². The number of carbonyl (C=O) groups excluding carboxylic acids is 6. The van der Waals surface area contributed by atoms with Gasteiger partial charge in [-0.25, -0.2) is 9.59 Å².